The Morgan fingerprint density at radius 3 is 2.62 bits per heavy atom. The molecule has 14 heteroatoms. The van der Waals surface area contributed by atoms with Crippen LogP contribution in [0.25, 0.3) is 0 Å². The molecule has 1 aromatic carbocycles. The molecular weight excluding hydrogens is 548 g/mol. The van der Waals surface area contributed by atoms with Crippen molar-refractivity contribution in [2.75, 3.05) is 6.61 Å². The van der Waals surface area contributed by atoms with Crippen molar-refractivity contribution in [2.24, 2.45) is 5.92 Å². The molecule has 3 N–H and O–H groups in total. The highest BCUT2D eigenvalue weighted by Gasteiger charge is 2.44. The third-order valence-electron chi connectivity index (χ3n) is 6.48. The molecule has 0 saturated carbocycles. The fraction of sp³-hybridized carbons (Fsp3) is 0.500. The number of aliphatic hydroxyl groups excluding tert-OH is 1. The summed E-state index contributed by atoms with van der Waals surface area (Å²) in [6.07, 6.45) is -1.60. The monoisotopic (exact) mass is 583 g/mol. The summed E-state index contributed by atoms with van der Waals surface area (Å²) in [6.45, 7) is 9.29. The predicted molar refractivity (Wildman–Crippen MR) is 143 cm³/mol. The Labute approximate surface area is 230 Å². The van der Waals surface area contributed by atoms with Gasteiger partial charge in [-0.25, -0.2) is 9.36 Å². The Kier molecular flexibility index (Phi) is 11.0. The summed E-state index contributed by atoms with van der Waals surface area (Å²) in [5.74, 6) is -1.53. The number of aromatic nitrogens is 2. The zero-order valence-electron chi connectivity index (χ0n) is 22.5. The van der Waals surface area contributed by atoms with E-state index >= 15 is 0 Å². The van der Waals surface area contributed by atoms with Crippen molar-refractivity contribution in [1.29, 1.82) is 0 Å². The lowest BCUT2D eigenvalue weighted by atomic mass is 10.1. The number of benzene rings is 1. The topological polar surface area (TPSA) is 158 Å². The number of aromatic amines is 1. The summed E-state index contributed by atoms with van der Waals surface area (Å²) in [7, 11) is -4.37. The molecule has 0 radical (unpaired) electrons. The Balaban J connectivity index is 1.81. The van der Waals surface area contributed by atoms with Crippen LogP contribution in [0, 0.1) is 11.7 Å². The Morgan fingerprint density at radius 2 is 2.00 bits per heavy atom. The van der Waals surface area contributed by atoms with E-state index in [9.17, 15) is 28.4 Å². The highest BCUT2D eigenvalue weighted by atomic mass is 31.2. The summed E-state index contributed by atoms with van der Waals surface area (Å²) >= 11 is 0. The van der Waals surface area contributed by atoms with Crippen LogP contribution in [0.4, 0.5) is 4.39 Å². The summed E-state index contributed by atoms with van der Waals surface area (Å²) in [4.78, 5) is 38.1. The molecule has 2 aromatic rings. The van der Waals surface area contributed by atoms with Gasteiger partial charge in [0, 0.05) is 6.42 Å². The summed E-state index contributed by atoms with van der Waals surface area (Å²) in [6, 6.07) is 6.97. The first kappa shape index (κ1) is 31.4. The van der Waals surface area contributed by atoms with Gasteiger partial charge in [0.2, 0.25) is 5.82 Å². The summed E-state index contributed by atoms with van der Waals surface area (Å²) in [5.41, 5.74) is -2.14. The maximum absolute atomic E-state index is 14.0. The van der Waals surface area contributed by atoms with E-state index in [0.29, 0.717) is 6.20 Å². The van der Waals surface area contributed by atoms with E-state index in [1.54, 1.807) is 18.2 Å². The maximum atomic E-state index is 14.0. The highest BCUT2D eigenvalue weighted by Crippen LogP contribution is 2.48. The van der Waals surface area contributed by atoms with E-state index < -0.39 is 61.4 Å². The third kappa shape index (κ3) is 7.98. The standard InChI is InChI=1S/C26H35FN3O9P/c1-5-17(6-2)15-36-25(33)16(4)29-40(35,38-18-11-9-8-10-12-18)39-21(7-3)23-20(31)13-22(37-23)30-14-19(27)24(32)28-26(30)34/h7-12,14,16-17,20-23,31H,3,5-6,13,15H2,1-2,4H3,(H,29,35)(H,28,32,34)/t16-,20?,21+,22+,23-,40-/m0/s1. The van der Waals surface area contributed by atoms with Crippen molar-refractivity contribution in [2.45, 2.75) is 70.6 Å². The van der Waals surface area contributed by atoms with E-state index in [1.165, 1.54) is 25.1 Å². The molecule has 0 spiro atoms. The van der Waals surface area contributed by atoms with Crippen LogP contribution in [0.2, 0.25) is 0 Å². The van der Waals surface area contributed by atoms with Gasteiger partial charge in [-0.3, -0.25) is 23.7 Å². The molecule has 12 nitrogen and oxygen atoms in total. The number of hydrogen-bond acceptors (Lipinski definition) is 9. The van der Waals surface area contributed by atoms with Crippen LogP contribution in [0.1, 0.15) is 46.3 Å². The largest absolute Gasteiger partial charge is 0.464 e. The highest BCUT2D eigenvalue weighted by molar-refractivity contribution is 7.52. The molecule has 6 atom stereocenters. The van der Waals surface area contributed by atoms with Crippen LogP contribution >= 0.6 is 7.75 Å². The van der Waals surface area contributed by atoms with Crippen molar-refractivity contribution in [1.82, 2.24) is 14.6 Å². The first-order chi connectivity index (χ1) is 19.0. The number of carbonyl (C=O) groups excluding carboxylic acids is 1. The number of nitrogens with one attached hydrogen (secondary N) is 2. The molecule has 1 saturated heterocycles. The fourth-order valence-corrected chi connectivity index (χ4v) is 5.72. The molecule has 0 bridgehead atoms. The van der Waals surface area contributed by atoms with Gasteiger partial charge in [-0.15, -0.1) is 6.58 Å². The number of carbonyl (C=O) groups is 1. The van der Waals surface area contributed by atoms with Gasteiger partial charge in [-0.05, 0) is 25.0 Å². The maximum Gasteiger partial charge on any atom is 0.460 e. The molecule has 2 heterocycles. The number of esters is 1. The van der Waals surface area contributed by atoms with E-state index in [4.69, 9.17) is 18.5 Å². The SMILES string of the molecule is C=C[C@@H](O[P@](=O)(N[C@@H](C)C(=O)OCC(CC)CC)Oc1ccccc1)[C@H]1O[C@@H](n2cc(F)c(=O)[nH]c2=O)CC1O. The third-order valence-corrected chi connectivity index (χ3v) is 8.15. The van der Waals surface area contributed by atoms with Gasteiger partial charge in [0.15, 0.2) is 0 Å². The first-order valence-corrected chi connectivity index (χ1v) is 14.5. The van der Waals surface area contributed by atoms with Gasteiger partial charge in [0.05, 0.1) is 18.9 Å². The predicted octanol–water partition coefficient (Wildman–Crippen LogP) is 3.04. The summed E-state index contributed by atoms with van der Waals surface area (Å²) in [5, 5.41) is 13.3. The van der Waals surface area contributed by atoms with E-state index in [2.05, 4.69) is 11.7 Å². The molecule has 1 aliphatic rings. The van der Waals surface area contributed by atoms with Crippen LogP contribution in [0.3, 0.4) is 0 Å². The minimum atomic E-state index is -4.37. The van der Waals surface area contributed by atoms with Crippen molar-refractivity contribution in [3.05, 3.63) is 75.8 Å². The normalized spacial score (nSPS) is 21.9. The minimum absolute atomic E-state index is 0.166. The van der Waals surface area contributed by atoms with Crippen LogP contribution in [-0.4, -0.2) is 51.6 Å². The average molecular weight is 584 g/mol. The fourth-order valence-electron chi connectivity index (χ4n) is 4.05. The minimum Gasteiger partial charge on any atom is -0.464 e. The zero-order chi connectivity index (χ0) is 29.4. The average Bonchev–Trinajstić information content (AvgIpc) is 3.31. The van der Waals surface area contributed by atoms with Crippen molar-refractivity contribution >= 4 is 13.7 Å². The van der Waals surface area contributed by atoms with Crippen molar-refractivity contribution < 1.29 is 37.4 Å². The molecule has 1 aliphatic heterocycles. The van der Waals surface area contributed by atoms with Gasteiger partial charge in [0.25, 0.3) is 5.56 Å². The molecule has 1 fully saturated rings. The van der Waals surface area contributed by atoms with Gasteiger partial charge in [0.1, 0.15) is 30.2 Å². The van der Waals surface area contributed by atoms with Crippen molar-refractivity contribution in [3.8, 4) is 5.75 Å². The number of para-hydroxylation sites is 1. The van der Waals surface area contributed by atoms with Crippen molar-refractivity contribution in [3.63, 3.8) is 0 Å². The molecule has 0 aliphatic carbocycles. The Morgan fingerprint density at radius 1 is 1.32 bits per heavy atom. The molecule has 1 aromatic heterocycles. The molecule has 3 rings (SSSR count). The number of aliphatic hydroxyl groups is 1. The lowest BCUT2D eigenvalue weighted by molar-refractivity contribution is -0.146. The van der Waals surface area contributed by atoms with Gasteiger partial charge in [-0.2, -0.15) is 9.48 Å². The second-order valence-electron chi connectivity index (χ2n) is 9.37. The van der Waals surface area contributed by atoms with E-state index in [1.807, 2.05) is 18.8 Å². The Bertz CT molecular complexity index is 1310. The second kappa shape index (κ2) is 14.0. The first-order valence-electron chi connectivity index (χ1n) is 12.9. The number of H-pyrrole nitrogens is 1. The molecule has 1 unspecified atom stereocenters. The van der Waals surface area contributed by atoms with Crippen LogP contribution in [0.15, 0.2) is 58.8 Å². The molecule has 40 heavy (non-hydrogen) atoms. The van der Waals surface area contributed by atoms with Crippen LogP contribution in [-0.2, 0) is 23.4 Å². The second-order valence-corrected chi connectivity index (χ2v) is 11.0. The quantitative estimate of drug-likeness (QED) is 0.171. The van der Waals surface area contributed by atoms with Gasteiger partial charge < -0.3 is 19.1 Å². The van der Waals surface area contributed by atoms with Crippen LogP contribution < -0.4 is 20.9 Å². The lowest BCUT2D eigenvalue weighted by Crippen LogP contribution is -2.40. The lowest BCUT2D eigenvalue weighted by Gasteiger charge is -2.29. The number of hydrogen-bond donors (Lipinski definition) is 3. The Hall–Kier alpha value is -3.09. The zero-order valence-corrected chi connectivity index (χ0v) is 23.4. The number of ether oxygens (including phenoxy) is 2. The summed E-state index contributed by atoms with van der Waals surface area (Å²) < 4.78 is 51.2. The van der Waals surface area contributed by atoms with E-state index in [0.717, 1.165) is 17.4 Å². The number of nitrogens with zero attached hydrogens (tertiary/aromatic N) is 1. The smallest absolute Gasteiger partial charge is 0.460 e. The molecule has 220 valence electrons. The van der Waals surface area contributed by atoms with E-state index in [-0.39, 0.29) is 24.7 Å². The van der Waals surface area contributed by atoms with Crippen LogP contribution in [0.5, 0.6) is 5.75 Å². The number of rotatable bonds is 14. The van der Waals surface area contributed by atoms with Gasteiger partial charge >= 0.3 is 19.4 Å². The molecular formula is C26H35FN3O9P. The number of halogens is 1. The molecule has 0 amide bonds. The van der Waals surface area contributed by atoms with Gasteiger partial charge in [-0.1, -0.05) is 51.0 Å².